The molecule has 0 spiro atoms. The molecule has 1 atom stereocenters. The summed E-state index contributed by atoms with van der Waals surface area (Å²) >= 11 is 0. The quantitative estimate of drug-likeness (QED) is 0.292. The molecule has 0 radical (unpaired) electrons. The topological polar surface area (TPSA) is 130 Å². The summed E-state index contributed by atoms with van der Waals surface area (Å²) in [4.78, 5) is 38.4. The molecule has 0 aliphatic heterocycles. The van der Waals surface area contributed by atoms with Crippen LogP contribution in [0, 0.1) is 10.1 Å². The van der Waals surface area contributed by atoms with Gasteiger partial charge in [0, 0.05) is 24.7 Å². The third-order valence-corrected chi connectivity index (χ3v) is 7.54. The second-order valence-corrected chi connectivity index (χ2v) is 10.8. The zero-order chi connectivity index (χ0) is 27.9. The number of sulfonamides is 1. The van der Waals surface area contributed by atoms with Gasteiger partial charge in [-0.3, -0.25) is 24.0 Å². The molecule has 0 saturated carbocycles. The van der Waals surface area contributed by atoms with E-state index in [1.165, 1.54) is 41.3 Å². The third-order valence-electron chi connectivity index (χ3n) is 5.75. The van der Waals surface area contributed by atoms with Gasteiger partial charge >= 0.3 is 0 Å². The standard InChI is InChI=1S/C27H30N4O6S/c1-20(2)28-27(33)21(3)29(18-22-10-6-4-7-11-22)26(32)19-30(23-14-16-24(17-15-23)31(34)35)38(36,37)25-12-8-5-9-13-25/h4-17,20-21H,18-19H2,1-3H3,(H,28,33)/t21-/m1/s1. The van der Waals surface area contributed by atoms with E-state index in [-0.39, 0.29) is 34.8 Å². The number of nitro benzene ring substituents is 1. The predicted octanol–water partition coefficient (Wildman–Crippen LogP) is 3.73. The lowest BCUT2D eigenvalue weighted by molar-refractivity contribution is -0.384. The molecule has 38 heavy (non-hydrogen) atoms. The molecule has 0 aromatic heterocycles. The fourth-order valence-electron chi connectivity index (χ4n) is 3.76. The maximum Gasteiger partial charge on any atom is 0.269 e. The van der Waals surface area contributed by atoms with E-state index in [0.29, 0.717) is 0 Å². The minimum absolute atomic E-state index is 0.0497. The molecule has 0 saturated heterocycles. The van der Waals surface area contributed by atoms with Crippen molar-refractivity contribution in [3.05, 3.63) is 101 Å². The number of benzene rings is 3. The summed E-state index contributed by atoms with van der Waals surface area (Å²) in [5.41, 5.74) is 0.617. The van der Waals surface area contributed by atoms with Gasteiger partial charge < -0.3 is 10.2 Å². The van der Waals surface area contributed by atoms with Crippen molar-refractivity contribution in [1.82, 2.24) is 10.2 Å². The molecule has 10 nitrogen and oxygen atoms in total. The highest BCUT2D eigenvalue weighted by Crippen LogP contribution is 2.26. The first-order valence-corrected chi connectivity index (χ1v) is 13.4. The highest BCUT2D eigenvalue weighted by molar-refractivity contribution is 7.92. The first-order chi connectivity index (χ1) is 18.0. The molecule has 11 heteroatoms. The summed E-state index contributed by atoms with van der Waals surface area (Å²) < 4.78 is 28.2. The second kappa shape index (κ2) is 12.3. The smallest absolute Gasteiger partial charge is 0.269 e. The lowest BCUT2D eigenvalue weighted by Crippen LogP contribution is -2.52. The van der Waals surface area contributed by atoms with Gasteiger partial charge in [0.1, 0.15) is 12.6 Å². The fourth-order valence-corrected chi connectivity index (χ4v) is 5.19. The zero-order valence-electron chi connectivity index (χ0n) is 21.4. The first-order valence-electron chi connectivity index (χ1n) is 12.0. The van der Waals surface area contributed by atoms with Crippen LogP contribution in [0.3, 0.4) is 0 Å². The molecule has 0 aliphatic carbocycles. The number of rotatable bonds is 11. The Morgan fingerprint density at radius 2 is 1.45 bits per heavy atom. The Balaban J connectivity index is 2.02. The first kappa shape index (κ1) is 28.3. The van der Waals surface area contributed by atoms with Crippen LogP contribution < -0.4 is 9.62 Å². The molecule has 0 fully saturated rings. The number of anilines is 1. The Morgan fingerprint density at radius 1 is 0.895 bits per heavy atom. The maximum atomic E-state index is 13.7. The molecule has 2 amide bonds. The number of nitrogens with one attached hydrogen (secondary N) is 1. The summed E-state index contributed by atoms with van der Waals surface area (Å²) in [6.07, 6.45) is 0. The van der Waals surface area contributed by atoms with E-state index in [2.05, 4.69) is 5.32 Å². The van der Waals surface area contributed by atoms with Crippen molar-refractivity contribution < 1.29 is 22.9 Å². The molecule has 3 aromatic rings. The van der Waals surface area contributed by atoms with Crippen LogP contribution >= 0.6 is 0 Å². The van der Waals surface area contributed by atoms with Crippen LogP contribution in [0.1, 0.15) is 26.3 Å². The monoisotopic (exact) mass is 538 g/mol. The van der Waals surface area contributed by atoms with Crippen LogP contribution in [0.2, 0.25) is 0 Å². The van der Waals surface area contributed by atoms with E-state index in [9.17, 15) is 28.1 Å². The summed E-state index contributed by atoms with van der Waals surface area (Å²) in [5.74, 6) is -0.991. The summed E-state index contributed by atoms with van der Waals surface area (Å²) in [6.45, 7) is 4.64. The van der Waals surface area contributed by atoms with Gasteiger partial charge in [-0.05, 0) is 50.6 Å². The van der Waals surface area contributed by atoms with E-state index in [0.717, 1.165) is 9.87 Å². The Morgan fingerprint density at radius 3 is 1.97 bits per heavy atom. The maximum absolute atomic E-state index is 13.7. The number of non-ortho nitro benzene ring substituents is 1. The van der Waals surface area contributed by atoms with Gasteiger partial charge in [0.25, 0.3) is 15.7 Å². The molecule has 0 heterocycles. The molecular formula is C27H30N4O6S. The highest BCUT2D eigenvalue weighted by atomic mass is 32.2. The van der Waals surface area contributed by atoms with Crippen LogP contribution in [0.25, 0.3) is 0 Å². The van der Waals surface area contributed by atoms with Crippen molar-refractivity contribution >= 4 is 33.2 Å². The van der Waals surface area contributed by atoms with Crippen molar-refractivity contribution in [3.63, 3.8) is 0 Å². The minimum Gasteiger partial charge on any atom is -0.352 e. The average Bonchev–Trinajstić information content (AvgIpc) is 2.90. The van der Waals surface area contributed by atoms with Crippen molar-refractivity contribution in [2.24, 2.45) is 0 Å². The largest absolute Gasteiger partial charge is 0.352 e. The third kappa shape index (κ3) is 6.94. The SMILES string of the molecule is CC(C)NC(=O)[C@@H](C)N(Cc1ccccc1)C(=O)CN(c1ccc([N+](=O)[O-])cc1)S(=O)(=O)c1ccccc1. The van der Waals surface area contributed by atoms with Gasteiger partial charge in [-0.1, -0.05) is 48.5 Å². The minimum atomic E-state index is -4.24. The van der Waals surface area contributed by atoms with Gasteiger partial charge in [0.15, 0.2) is 0 Å². The molecular weight excluding hydrogens is 508 g/mol. The zero-order valence-corrected chi connectivity index (χ0v) is 22.2. The van der Waals surface area contributed by atoms with Crippen molar-refractivity contribution in [3.8, 4) is 0 Å². The lowest BCUT2D eigenvalue weighted by Gasteiger charge is -2.32. The van der Waals surface area contributed by atoms with Crippen LogP contribution in [0.4, 0.5) is 11.4 Å². The average molecular weight is 539 g/mol. The van der Waals surface area contributed by atoms with Gasteiger partial charge in [0.05, 0.1) is 15.5 Å². The normalized spacial score (nSPS) is 12.0. The summed E-state index contributed by atoms with van der Waals surface area (Å²) in [7, 11) is -4.24. The van der Waals surface area contributed by atoms with Crippen LogP contribution in [-0.2, 0) is 26.2 Å². The molecule has 0 aliphatic rings. The summed E-state index contributed by atoms with van der Waals surface area (Å²) in [6, 6.07) is 20.5. The van der Waals surface area contributed by atoms with Gasteiger partial charge in [-0.25, -0.2) is 8.42 Å². The van der Waals surface area contributed by atoms with Gasteiger partial charge in [0.2, 0.25) is 11.8 Å². The van der Waals surface area contributed by atoms with Crippen LogP contribution in [0.15, 0.2) is 89.8 Å². The number of amides is 2. The van der Waals surface area contributed by atoms with Crippen LogP contribution in [0.5, 0.6) is 0 Å². The molecule has 200 valence electrons. The van der Waals surface area contributed by atoms with E-state index < -0.39 is 33.4 Å². The number of nitro groups is 1. The Kier molecular flexibility index (Phi) is 9.19. The van der Waals surface area contributed by atoms with E-state index in [1.54, 1.807) is 51.1 Å². The molecule has 3 rings (SSSR count). The van der Waals surface area contributed by atoms with Crippen molar-refractivity contribution in [2.45, 2.75) is 44.3 Å². The molecule has 0 bridgehead atoms. The highest BCUT2D eigenvalue weighted by Gasteiger charge is 2.32. The van der Waals surface area contributed by atoms with Crippen molar-refractivity contribution in [1.29, 1.82) is 0 Å². The fraction of sp³-hybridized carbons (Fsp3) is 0.259. The molecule has 0 unspecified atom stereocenters. The molecule has 3 aromatic carbocycles. The van der Waals surface area contributed by atoms with Crippen molar-refractivity contribution in [2.75, 3.05) is 10.8 Å². The second-order valence-electron chi connectivity index (χ2n) is 8.94. The summed E-state index contributed by atoms with van der Waals surface area (Å²) in [5, 5.41) is 13.9. The van der Waals surface area contributed by atoms with Crippen LogP contribution in [-0.4, -0.2) is 48.7 Å². The van der Waals surface area contributed by atoms with E-state index >= 15 is 0 Å². The Bertz CT molecular complexity index is 1360. The predicted molar refractivity (Wildman–Crippen MR) is 144 cm³/mol. The number of carbonyl (C=O) groups excluding carboxylic acids is 2. The number of carbonyl (C=O) groups is 2. The van der Waals surface area contributed by atoms with Gasteiger partial charge in [-0.15, -0.1) is 0 Å². The number of nitrogens with zero attached hydrogens (tertiary/aromatic N) is 3. The van der Waals surface area contributed by atoms with E-state index in [4.69, 9.17) is 0 Å². The molecule has 1 N–H and O–H groups in total. The number of hydrogen-bond donors (Lipinski definition) is 1. The Hall–Kier alpha value is -4.25. The number of hydrogen-bond acceptors (Lipinski definition) is 6. The Labute approximate surface area is 222 Å². The van der Waals surface area contributed by atoms with Gasteiger partial charge in [-0.2, -0.15) is 0 Å². The lowest BCUT2D eigenvalue weighted by atomic mass is 10.1. The van der Waals surface area contributed by atoms with E-state index in [1.807, 2.05) is 18.2 Å².